The monoisotopic (exact) mass is 275 g/mol. The van der Waals surface area contributed by atoms with Gasteiger partial charge in [-0.15, -0.1) is 0 Å². The van der Waals surface area contributed by atoms with Gasteiger partial charge in [0.25, 0.3) is 5.91 Å². The Balaban J connectivity index is 1.70. The van der Waals surface area contributed by atoms with E-state index >= 15 is 0 Å². The maximum Gasteiger partial charge on any atom is 0.251 e. The minimum absolute atomic E-state index is 0.0192. The third-order valence-electron chi connectivity index (χ3n) is 4.66. The minimum atomic E-state index is -0.0192. The Bertz CT molecular complexity index is 514. The second-order valence-electron chi connectivity index (χ2n) is 5.92. The Labute approximate surface area is 119 Å². The van der Waals surface area contributed by atoms with E-state index in [1.165, 1.54) is 12.8 Å². The molecule has 1 heterocycles. The van der Waals surface area contributed by atoms with Crippen molar-refractivity contribution in [2.24, 2.45) is 11.8 Å². The number of carbonyl (C=O) groups excluding carboxylic acids is 1. The lowest BCUT2D eigenvalue weighted by atomic mass is 9.78. The molecule has 1 aliphatic carbocycles. The van der Waals surface area contributed by atoms with Crippen molar-refractivity contribution < 1.29 is 14.3 Å². The van der Waals surface area contributed by atoms with Crippen LogP contribution < -0.4 is 14.8 Å². The smallest absolute Gasteiger partial charge is 0.251 e. The first-order valence-corrected chi connectivity index (χ1v) is 7.35. The van der Waals surface area contributed by atoms with E-state index in [9.17, 15) is 4.79 Å². The molecule has 4 heteroatoms. The highest BCUT2D eigenvalue weighted by atomic mass is 16.7. The first-order valence-electron chi connectivity index (χ1n) is 7.35. The molecule has 3 atom stereocenters. The van der Waals surface area contributed by atoms with Gasteiger partial charge in [0.05, 0.1) is 0 Å². The number of hydrogen-bond donors (Lipinski definition) is 1. The van der Waals surface area contributed by atoms with Crippen molar-refractivity contribution in [3.63, 3.8) is 0 Å². The van der Waals surface area contributed by atoms with E-state index in [1.54, 1.807) is 18.2 Å². The lowest BCUT2D eigenvalue weighted by Gasteiger charge is -2.34. The second kappa shape index (κ2) is 5.35. The van der Waals surface area contributed by atoms with Crippen LogP contribution in [0, 0.1) is 11.8 Å². The third-order valence-corrected chi connectivity index (χ3v) is 4.66. The van der Waals surface area contributed by atoms with Crippen molar-refractivity contribution in [1.82, 2.24) is 5.32 Å². The summed E-state index contributed by atoms with van der Waals surface area (Å²) in [5.41, 5.74) is 0.639. The third kappa shape index (κ3) is 2.47. The van der Waals surface area contributed by atoms with Crippen LogP contribution in [0.2, 0.25) is 0 Å². The Kier molecular flexibility index (Phi) is 3.55. The molecular weight excluding hydrogens is 254 g/mol. The number of carbonyl (C=O) groups is 1. The summed E-state index contributed by atoms with van der Waals surface area (Å²) in [7, 11) is 0. The second-order valence-corrected chi connectivity index (χ2v) is 5.92. The zero-order chi connectivity index (χ0) is 14.1. The zero-order valence-electron chi connectivity index (χ0n) is 12.0. The Morgan fingerprint density at radius 1 is 1.20 bits per heavy atom. The normalized spacial score (nSPS) is 28.2. The molecular formula is C16H21NO3. The molecule has 0 radical (unpaired) electrons. The van der Waals surface area contributed by atoms with Crippen LogP contribution in [0.25, 0.3) is 0 Å². The highest BCUT2D eigenvalue weighted by Crippen LogP contribution is 2.33. The van der Waals surface area contributed by atoms with Crippen LogP contribution in [-0.4, -0.2) is 18.7 Å². The number of benzene rings is 1. The average Bonchev–Trinajstić information content (AvgIpc) is 2.91. The van der Waals surface area contributed by atoms with Crippen molar-refractivity contribution in [3.8, 4) is 11.5 Å². The van der Waals surface area contributed by atoms with E-state index in [-0.39, 0.29) is 18.7 Å². The molecule has 20 heavy (non-hydrogen) atoms. The summed E-state index contributed by atoms with van der Waals surface area (Å²) in [6.07, 6.45) is 3.52. The molecule has 1 N–H and O–H groups in total. The maximum absolute atomic E-state index is 12.4. The van der Waals surface area contributed by atoms with Gasteiger partial charge in [-0.05, 0) is 36.5 Å². The molecule has 1 aromatic carbocycles. The lowest BCUT2D eigenvalue weighted by Crippen LogP contribution is -2.43. The van der Waals surface area contributed by atoms with Gasteiger partial charge in [0.1, 0.15) is 0 Å². The molecule has 0 bridgehead atoms. The zero-order valence-corrected chi connectivity index (χ0v) is 12.0. The number of fused-ring (bicyclic) bond motifs is 1. The molecule has 108 valence electrons. The first kappa shape index (κ1) is 13.3. The van der Waals surface area contributed by atoms with Crippen LogP contribution in [0.1, 0.15) is 43.5 Å². The van der Waals surface area contributed by atoms with Crippen molar-refractivity contribution in [3.05, 3.63) is 23.8 Å². The van der Waals surface area contributed by atoms with Gasteiger partial charge in [0.2, 0.25) is 6.79 Å². The van der Waals surface area contributed by atoms with Gasteiger partial charge in [0.15, 0.2) is 11.5 Å². The van der Waals surface area contributed by atoms with Gasteiger partial charge in [-0.25, -0.2) is 0 Å². The SMILES string of the molecule is C[C@@H]1[C@H](C)CCC[C@H]1NC(=O)c1ccc2c(c1)OCO2. The number of hydrogen-bond acceptors (Lipinski definition) is 3. The van der Waals surface area contributed by atoms with Gasteiger partial charge >= 0.3 is 0 Å². The molecule has 3 rings (SSSR count). The molecule has 1 saturated carbocycles. The average molecular weight is 275 g/mol. The number of nitrogens with one attached hydrogen (secondary N) is 1. The summed E-state index contributed by atoms with van der Waals surface area (Å²) >= 11 is 0. The summed E-state index contributed by atoms with van der Waals surface area (Å²) in [6.45, 7) is 4.73. The van der Waals surface area contributed by atoms with E-state index in [0.717, 1.165) is 6.42 Å². The fourth-order valence-electron chi connectivity index (χ4n) is 3.08. The molecule has 2 aliphatic rings. The number of rotatable bonds is 2. The Morgan fingerprint density at radius 3 is 2.85 bits per heavy atom. The predicted octanol–water partition coefficient (Wildman–Crippen LogP) is 2.97. The summed E-state index contributed by atoms with van der Waals surface area (Å²) in [4.78, 5) is 12.4. The van der Waals surface area contributed by atoms with Crippen molar-refractivity contribution in [2.45, 2.75) is 39.2 Å². The lowest BCUT2D eigenvalue weighted by molar-refractivity contribution is 0.0890. The molecule has 0 spiro atoms. The van der Waals surface area contributed by atoms with Gasteiger partial charge in [-0.1, -0.05) is 26.7 Å². The molecule has 1 aromatic rings. The topological polar surface area (TPSA) is 47.6 Å². The number of amides is 1. The van der Waals surface area contributed by atoms with Crippen LogP contribution >= 0.6 is 0 Å². The summed E-state index contributed by atoms with van der Waals surface area (Å²) in [5, 5.41) is 3.17. The van der Waals surface area contributed by atoms with Crippen molar-refractivity contribution >= 4 is 5.91 Å². The van der Waals surface area contributed by atoms with E-state index in [4.69, 9.17) is 9.47 Å². The van der Waals surface area contributed by atoms with Crippen LogP contribution in [0.3, 0.4) is 0 Å². The van der Waals surface area contributed by atoms with E-state index in [0.29, 0.717) is 28.9 Å². The first-order chi connectivity index (χ1) is 9.65. The maximum atomic E-state index is 12.4. The molecule has 4 nitrogen and oxygen atoms in total. The molecule has 1 amide bonds. The van der Waals surface area contributed by atoms with Gasteiger partial charge in [-0.2, -0.15) is 0 Å². The highest BCUT2D eigenvalue weighted by Gasteiger charge is 2.28. The predicted molar refractivity (Wildman–Crippen MR) is 76.0 cm³/mol. The number of ether oxygens (including phenoxy) is 2. The van der Waals surface area contributed by atoms with Crippen molar-refractivity contribution in [1.29, 1.82) is 0 Å². The summed E-state index contributed by atoms with van der Waals surface area (Å²) < 4.78 is 10.6. The van der Waals surface area contributed by atoms with Crippen LogP contribution in [0.15, 0.2) is 18.2 Å². The fraction of sp³-hybridized carbons (Fsp3) is 0.562. The minimum Gasteiger partial charge on any atom is -0.454 e. The fourth-order valence-corrected chi connectivity index (χ4v) is 3.08. The van der Waals surface area contributed by atoms with E-state index in [1.807, 2.05) is 0 Å². The van der Waals surface area contributed by atoms with Crippen LogP contribution in [0.4, 0.5) is 0 Å². The van der Waals surface area contributed by atoms with E-state index < -0.39 is 0 Å². The van der Waals surface area contributed by atoms with E-state index in [2.05, 4.69) is 19.2 Å². The molecule has 0 saturated heterocycles. The molecule has 1 fully saturated rings. The largest absolute Gasteiger partial charge is 0.454 e. The Hall–Kier alpha value is -1.71. The summed E-state index contributed by atoms with van der Waals surface area (Å²) in [5.74, 6) is 2.55. The quantitative estimate of drug-likeness (QED) is 0.902. The van der Waals surface area contributed by atoms with Gasteiger partial charge in [-0.3, -0.25) is 4.79 Å². The standard InChI is InChI=1S/C16H21NO3/c1-10-4-3-5-13(11(10)2)17-16(18)12-6-7-14-15(8-12)20-9-19-14/h6-8,10-11,13H,3-5,9H2,1-2H3,(H,17,18)/t10-,11-,13-/m1/s1. The summed E-state index contributed by atoms with van der Waals surface area (Å²) in [6, 6.07) is 5.62. The van der Waals surface area contributed by atoms with Gasteiger partial charge < -0.3 is 14.8 Å². The molecule has 0 unspecified atom stereocenters. The van der Waals surface area contributed by atoms with Gasteiger partial charge in [0, 0.05) is 11.6 Å². The van der Waals surface area contributed by atoms with Crippen molar-refractivity contribution in [2.75, 3.05) is 6.79 Å². The molecule has 1 aliphatic heterocycles. The Morgan fingerprint density at radius 2 is 2.00 bits per heavy atom. The highest BCUT2D eigenvalue weighted by molar-refractivity contribution is 5.95. The van der Waals surface area contributed by atoms with Crippen LogP contribution in [-0.2, 0) is 0 Å². The molecule has 0 aromatic heterocycles. The van der Waals surface area contributed by atoms with Crippen LogP contribution in [0.5, 0.6) is 11.5 Å².